The highest BCUT2D eigenvalue weighted by Gasteiger charge is 2.17. The highest BCUT2D eigenvalue weighted by molar-refractivity contribution is 9.10. The van der Waals surface area contributed by atoms with Gasteiger partial charge in [0.2, 0.25) is 5.76 Å². The number of aromatic nitrogens is 1. The zero-order valence-corrected chi connectivity index (χ0v) is 16.9. The first-order chi connectivity index (χ1) is 12.7. The Balaban J connectivity index is 0.000000236. The summed E-state index contributed by atoms with van der Waals surface area (Å²) in [5.74, 6) is 2.07. The van der Waals surface area contributed by atoms with E-state index >= 15 is 0 Å². The lowest BCUT2D eigenvalue weighted by molar-refractivity contribution is 0.405. The van der Waals surface area contributed by atoms with Crippen LogP contribution in [0, 0.1) is 17.2 Å². The summed E-state index contributed by atoms with van der Waals surface area (Å²) in [5.41, 5.74) is 0.637. The highest BCUT2D eigenvalue weighted by atomic mass is 79.9. The van der Waals surface area contributed by atoms with Crippen molar-refractivity contribution in [2.75, 3.05) is 18.4 Å². The van der Waals surface area contributed by atoms with Crippen LogP contribution in [-0.2, 0) is 0 Å². The van der Waals surface area contributed by atoms with Gasteiger partial charge in [0.05, 0.1) is 10.7 Å². The van der Waals surface area contributed by atoms with Crippen LogP contribution >= 0.6 is 15.9 Å². The molecule has 140 valence electrons. The molecule has 0 aromatic carbocycles. The Kier molecular flexibility index (Phi) is 6.93. The van der Waals surface area contributed by atoms with Gasteiger partial charge in [0, 0.05) is 17.5 Å². The average molecular weight is 419 g/mol. The van der Waals surface area contributed by atoms with Gasteiger partial charge in [-0.15, -0.1) is 0 Å². The first kappa shape index (κ1) is 19.2. The summed E-state index contributed by atoms with van der Waals surface area (Å²) in [6.45, 7) is 4.77. The van der Waals surface area contributed by atoms with E-state index in [2.05, 4.69) is 38.5 Å². The monoisotopic (exact) mass is 418 g/mol. The number of hydrogen-bond acceptors (Lipinski definition) is 5. The summed E-state index contributed by atoms with van der Waals surface area (Å²) in [5, 5.41) is 16.6. The second-order valence-corrected chi connectivity index (χ2v) is 8.14. The van der Waals surface area contributed by atoms with Gasteiger partial charge in [0.15, 0.2) is 5.58 Å². The topological polar surface area (TPSA) is 73.9 Å². The second kappa shape index (κ2) is 9.38. The van der Waals surface area contributed by atoms with Crippen LogP contribution in [0.4, 0.5) is 5.82 Å². The largest absolute Gasteiger partial charge is 0.444 e. The average Bonchev–Trinajstić information content (AvgIpc) is 3.10. The summed E-state index contributed by atoms with van der Waals surface area (Å²) in [6.07, 6.45) is 10.8. The Labute approximate surface area is 163 Å². The van der Waals surface area contributed by atoms with Gasteiger partial charge in [0.25, 0.3) is 0 Å². The normalized spacial score (nSPS) is 20.9. The van der Waals surface area contributed by atoms with Gasteiger partial charge in [-0.2, -0.15) is 5.26 Å². The van der Waals surface area contributed by atoms with Crippen molar-refractivity contribution < 1.29 is 4.42 Å². The molecule has 1 aliphatic heterocycles. The number of nitrogens with one attached hydrogen (secondary N) is 2. The van der Waals surface area contributed by atoms with Crippen LogP contribution in [0.1, 0.15) is 57.6 Å². The maximum Gasteiger partial charge on any atom is 0.204 e. The number of anilines is 1. The number of hydrogen-bond donors (Lipinski definition) is 2. The molecule has 0 bridgehead atoms. The lowest BCUT2D eigenvalue weighted by Gasteiger charge is -2.23. The molecular weight excluding hydrogens is 392 g/mol. The van der Waals surface area contributed by atoms with Gasteiger partial charge >= 0.3 is 0 Å². The van der Waals surface area contributed by atoms with Gasteiger partial charge in [-0.1, -0.05) is 26.2 Å². The summed E-state index contributed by atoms with van der Waals surface area (Å²) < 4.78 is 6.24. The molecule has 2 aliphatic rings. The predicted octanol–water partition coefficient (Wildman–Crippen LogP) is 5.21. The van der Waals surface area contributed by atoms with E-state index in [1.54, 1.807) is 12.3 Å². The fraction of sp³-hybridized carbons (Fsp3) is 0.600. The van der Waals surface area contributed by atoms with Gasteiger partial charge in [0.1, 0.15) is 11.9 Å². The first-order valence-electron chi connectivity index (χ1n) is 9.62. The fourth-order valence-electron chi connectivity index (χ4n) is 3.60. The van der Waals surface area contributed by atoms with Crippen molar-refractivity contribution >= 4 is 32.7 Å². The zero-order valence-electron chi connectivity index (χ0n) is 15.4. The molecule has 4 rings (SSSR count). The highest BCUT2D eigenvalue weighted by Crippen LogP contribution is 2.33. The van der Waals surface area contributed by atoms with Gasteiger partial charge < -0.3 is 15.1 Å². The number of nitriles is 1. The molecule has 0 amide bonds. The Morgan fingerprint density at radius 1 is 1.27 bits per heavy atom. The molecule has 2 N–H and O–H groups in total. The van der Waals surface area contributed by atoms with E-state index in [1.807, 2.05) is 6.07 Å². The number of halogens is 1. The van der Waals surface area contributed by atoms with Crippen LogP contribution in [0.25, 0.3) is 11.0 Å². The number of furan rings is 1. The van der Waals surface area contributed by atoms with Gasteiger partial charge in [-0.3, -0.25) is 0 Å². The number of piperidine rings is 1. The Morgan fingerprint density at radius 3 is 2.69 bits per heavy atom. The summed E-state index contributed by atoms with van der Waals surface area (Å²) >= 11 is 3.56. The van der Waals surface area contributed by atoms with Gasteiger partial charge in [-0.05, 0) is 60.6 Å². The SMILES string of the molecule is CC1CCCNC1.N#Cc1cc2c(Br)c(NC3CCCCC3)ncc2o1. The van der Waals surface area contributed by atoms with Crippen molar-refractivity contribution in [3.05, 3.63) is 22.5 Å². The Bertz CT molecular complexity index is 755. The lowest BCUT2D eigenvalue weighted by Crippen LogP contribution is -2.27. The maximum atomic E-state index is 8.86. The number of pyridine rings is 1. The minimum Gasteiger partial charge on any atom is -0.444 e. The number of fused-ring (bicyclic) bond motifs is 1. The van der Waals surface area contributed by atoms with Crippen LogP contribution in [0.3, 0.4) is 0 Å². The molecular formula is C20H27BrN4O. The molecule has 1 saturated heterocycles. The smallest absolute Gasteiger partial charge is 0.204 e. The van der Waals surface area contributed by atoms with E-state index in [0.29, 0.717) is 17.4 Å². The second-order valence-electron chi connectivity index (χ2n) is 7.35. The van der Waals surface area contributed by atoms with Crippen LogP contribution in [0.15, 0.2) is 21.2 Å². The van der Waals surface area contributed by atoms with E-state index < -0.39 is 0 Å². The van der Waals surface area contributed by atoms with Crippen molar-refractivity contribution in [1.82, 2.24) is 10.3 Å². The van der Waals surface area contributed by atoms with Crippen molar-refractivity contribution in [3.8, 4) is 6.07 Å². The van der Waals surface area contributed by atoms with E-state index in [-0.39, 0.29) is 0 Å². The van der Waals surface area contributed by atoms with E-state index in [1.165, 1.54) is 58.0 Å². The molecule has 2 aromatic rings. The fourth-order valence-corrected chi connectivity index (χ4v) is 4.13. The van der Waals surface area contributed by atoms with Crippen molar-refractivity contribution in [1.29, 1.82) is 5.26 Å². The third-order valence-corrected chi connectivity index (χ3v) is 5.92. The van der Waals surface area contributed by atoms with Crippen molar-refractivity contribution in [2.45, 2.75) is 57.9 Å². The quantitative estimate of drug-likeness (QED) is 0.699. The lowest BCUT2D eigenvalue weighted by atomic mass is 9.95. The minimum absolute atomic E-state index is 0.312. The Morgan fingerprint density at radius 2 is 2.08 bits per heavy atom. The van der Waals surface area contributed by atoms with Crippen molar-refractivity contribution in [2.24, 2.45) is 5.92 Å². The molecule has 1 unspecified atom stereocenters. The molecule has 0 spiro atoms. The zero-order chi connectivity index (χ0) is 18.4. The summed E-state index contributed by atoms with van der Waals surface area (Å²) in [6, 6.07) is 4.25. The van der Waals surface area contributed by atoms with Crippen LogP contribution in [0.5, 0.6) is 0 Å². The predicted molar refractivity (Wildman–Crippen MR) is 108 cm³/mol. The van der Waals surface area contributed by atoms with Crippen LogP contribution < -0.4 is 10.6 Å². The molecule has 1 saturated carbocycles. The molecule has 6 heteroatoms. The third-order valence-electron chi connectivity index (χ3n) is 5.12. The third kappa shape index (κ3) is 4.99. The molecule has 5 nitrogen and oxygen atoms in total. The first-order valence-corrected chi connectivity index (χ1v) is 10.4. The van der Waals surface area contributed by atoms with E-state index in [4.69, 9.17) is 9.68 Å². The van der Waals surface area contributed by atoms with Crippen LogP contribution in [0.2, 0.25) is 0 Å². The molecule has 2 fully saturated rings. The van der Waals surface area contributed by atoms with E-state index in [0.717, 1.165) is 21.6 Å². The molecule has 0 radical (unpaired) electrons. The number of nitrogens with zero attached hydrogens (tertiary/aromatic N) is 2. The molecule has 1 aliphatic carbocycles. The van der Waals surface area contributed by atoms with E-state index in [9.17, 15) is 0 Å². The minimum atomic E-state index is 0.312. The maximum absolute atomic E-state index is 8.86. The van der Waals surface area contributed by atoms with Crippen LogP contribution in [-0.4, -0.2) is 24.1 Å². The Hall–Kier alpha value is -1.58. The summed E-state index contributed by atoms with van der Waals surface area (Å²) in [7, 11) is 0. The molecule has 2 aromatic heterocycles. The van der Waals surface area contributed by atoms with Gasteiger partial charge in [-0.25, -0.2) is 4.98 Å². The standard InChI is InChI=1S/C14H14BrN3O.C6H13N/c15-13-11-6-10(7-16)19-12(11)8-17-14(13)18-9-4-2-1-3-5-9;1-6-3-2-4-7-5-6/h6,8-9H,1-5H2,(H,17,18);6-7H,2-5H2,1H3. The molecule has 1 atom stereocenters. The van der Waals surface area contributed by atoms with Crippen molar-refractivity contribution in [3.63, 3.8) is 0 Å². The summed E-state index contributed by atoms with van der Waals surface area (Å²) in [4.78, 5) is 4.39. The molecule has 3 heterocycles. The molecule has 26 heavy (non-hydrogen) atoms. The number of rotatable bonds is 2.